The summed E-state index contributed by atoms with van der Waals surface area (Å²) in [6.07, 6.45) is 1.72. The van der Waals surface area contributed by atoms with Crippen LogP contribution in [0.15, 0.2) is 59.8 Å². The van der Waals surface area contributed by atoms with Gasteiger partial charge in [0.15, 0.2) is 0 Å². The van der Waals surface area contributed by atoms with Gasteiger partial charge in [-0.25, -0.2) is 4.98 Å². The van der Waals surface area contributed by atoms with Crippen molar-refractivity contribution in [2.75, 3.05) is 0 Å². The minimum absolute atomic E-state index is 0.154. The van der Waals surface area contributed by atoms with E-state index in [1.54, 1.807) is 18.3 Å². The number of nitrogens with one attached hydrogen (secondary N) is 1. The number of thiazole rings is 1. The zero-order valence-corrected chi connectivity index (χ0v) is 15.9. The molecular weight excluding hydrogens is 370 g/mol. The lowest BCUT2D eigenvalue weighted by Gasteiger charge is -2.23. The number of rotatable bonds is 4. The molecule has 3 aromatic rings. The average molecular weight is 387 g/mol. The zero-order valence-electron chi connectivity index (χ0n) is 15.1. The lowest BCUT2D eigenvalue weighted by atomic mass is 10.1. The van der Waals surface area contributed by atoms with E-state index in [0.29, 0.717) is 22.7 Å². The Morgan fingerprint density at radius 2 is 2.04 bits per heavy atom. The van der Waals surface area contributed by atoms with Gasteiger partial charge in [0.2, 0.25) is 0 Å². The first-order chi connectivity index (χ1) is 13.6. The minimum atomic E-state index is -0.313. The lowest BCUT2D eigenvalue weighted by molar-refractivity contribution is 0.279. The van der Waals surface area contributed by atoms with Crippen LogP contribution in [-0.4, -0.2) is 31.9 Å². The van der Waals surface area contributed by atoms with E-state index in [1.807, 2.05) is 47.5 Å². The van der Waals surface area contributed by atoms with E-state index in [4.69, 9.17) is 10.7 Å². The third-order valence-corrected chi connectivity index (χ3v) is 5.59. The monoisotopic (exact) mass is 387 g/mol. The molecule has 0 aliphatic carbocycles. The Balaban J connectivity index is 1.61. The van der Waals surface area contributed by atoms with Gasteiger partial charge in [0.05, 0.1) is 41.2 Å². The molecule has 4 rings (SSSR count). The number of hydrogen-bond acceptors (Lipinski definition) is 6. The van der Waals surface area contributed by atoms with Crippen molar-refractivity contribution in [3.05, 3.63) is 76.1 Å². The van der Waals surface area contributed by atoms with Gasteiger partial charge in [0.1, 0.15) is 16.6 Å². The van der Waals surface area contributed by atoms with Gasteiger partial charge in [0.25, 0.3) is 0 Å². The molecule has 0 spiro atoms. The summed E-state index contributed by atoms with van der Waals surface area (Å²) in [5.41, 5.74) is 3.55. The molecule has 1 aliphatic heterocycles. The highest BCUT2D eigenvalue weighted by Gasteiger charge is 2.36. The van der Waals surface area contributed by atoms with Crippen LogP contribution in [0, 0.1) is 16.7 Å². The summed E-state index contributed by atoms with van der Waals surface area (Å²) in [4.78, 5) is 10.8. The van der Waals surface area contributed by atoms with E-state index in [2.05, 4.69) is 16.0 Å². The second-order valence-corrected chi connectivity index (χ2v) is 7.32. The Morgan fingerprint density at radius 1 is 1.25 bits per heavy atom. The number of nitriles is 1. The van der Waals surface area contributed by atoms with Crippen molar-refractivity contribution in [2.24, 2.45) is 0 Å². The van der Waals surface area contributed by atoms with Crippen LogP contribution in [0.25, 0.3) is 16.8 Å². The molecule has 1 atom stereocenters. The molecule has 1 aliphatic rings. The van der Waals surface area contributed by atoms with Crippen LogP contribution in [0.5, 0.6) is 0 Å². The molecule has 1 aromatic carbocycles. The number of aromatic nitrogens is 2. The third kappa shape index (κ3) is 3.15. The van der Waals surface area contributed by atoms with Crippen LogP contribution < -0.4 is 0 Å². The Morgan fingerprint density at radius 3 is 2.71 bits per heavy atom. The van der Waals surface area contributed by atoms with Crippen molar-refractivity contribution in [3.8, 4) is 17.3 Å². The van der Waals surface area contributed by atoms with Gasteiger partial charge < -0.3 is 10.0 Å². The lowest BCUT2D eigenvalue weighted by Crippen LogP contribution is -2.33. The van der Waals surface area contributed by atoms with Gasteiger partial charge in [-0.3, -0.25) is 10.4 Å². The Kier molecular flexibility index (Phi) is 4.63. The molecule has 0 fully saturated rings. The number of hydrogen-bond donors (Lipinski definition) is 2. The second kappa shape index (κ2) is 7.25. The van der Waals surface area contributed by atoms with Gasteiger partial charge in [-0.05, 0) is 31.2 Å². The van der Waals surface area contributed by atoms with Crippen LogP contribution in [0.1, 0.15) is 23.2 Å². The van der Waals surface area contributed by atoms with E-state index in [1.165, 1.54) is 11.3 Å². The van der Waals surface area contributed by atoms with E-state index in [-0.39, 0.29) is 17.6 Å². The fraction of sp³-hybridized carbons (Fsp3) is 0.143. The normalized spacial score (nSPS) is 16.5. The van der Waals surface area contributed by atoms with Crippen molar-refractivity contribution >= 4 is 22.7 Å². The predicted molar refractivity (Wildman–Crippen MR) is 109 cm³/mol. The minimum Gasteiger partial charge on any atom is -0.509 e. The fourth-order valence-electron chi connectivity index (χ4n) is 3.14. The van der Waals surface area contributed by atoms with Crippen molar-refractivity contribution in [2.45, 2.75) is 19.5 Å². The maximum Gasteiger partial charge on any atom is 0.135 e. The largest absolute Gasteiger partial charge is 0.509 e. The highest BCUT2D eigenvalue weighted by Crippen LogP contribution is 2.35. The number of benzene rings is 1. The maximum atomic E-state index is 10.7. The van der Waals surface area contributed by atoms with Gasteiger partial charge in [0, 0.05) is 17.1 Å². The van der Waals surface area contributed by atoms with Crippen LogP contribution in [0.4, 0.5) is 0 Å². The molecule has 0 bridgehead atoms. The molecule has 6 nitrogen and oxygen atoms in total. The smallest absolute Gasteiger partial charge is 0.135 e. The average Bonchev–Trinajstić information content (AvgIpc) is 3.28. The van der Waals surface area contributed by atoms with Crippen LogP contribution in [-0.2, 0) is 6.54 Å². The van der Waals surface area contributed by atoms with Gasteiger partial charge in [-0.2, -0.15) is 5.26 Å². The third-order valence-electron chi connectivity index (χ3n) is 4.73. The molecule has 0 saturated carbocycles. The molecule has 0 amide bonds. The van der Waals surface area contributed by atoms with Crippen LogP contribution in [0.2, 0.25) is 0 Å². The highest BCUT2D eigenvalue weighted by molar-refractivity contribution is 7.11. The summed E-state index contributed by atoms with van der Waals surface area (Å²) < 4.78 is 0. The van der Waals surface area contributed by atoms with Gasteiger partial charge >= 0.3 is 0 Å². The van der Waals surface area contributed by atoms with Crippen LogP contribution in [0.3, 0.4) is 0 Å². The second-order valence-electron chi connectivity index (χ2n) is 6.46. The first kappa shape index (κ1) is 17.9. The summed E-state index contributed by atoms with van der Waals surface area (Å²) in [6, 6.07) is 14.6. The first-order valence-corrected chi connectivity index (χ1v) is 9.61. The summed E-state index contributed by atoms with van der Waals surface area (Å²) in [5.74, 6) is 0.401. The highest BCUT2D eigenvalue weighted by atomic mass is 32.1. The molecular formula is C21H17N5OS. The van der Waals surface area contributed by atoms with E-state index >= 15 is 0 Å². The molecule has 0 radical (unpaired) electrons. The number of aliphatic hydroxyl groups is 1. The standard InChI is InChI=1S/C21H17N5OS/c1-13-19(27)18(20(23)26(13)11-16-4-2-3-9-24-16)21-25-17(12-28-21)15-7-5-14(10-22)6-8-15/h2-9,12-13,23,27H,11H2,1H3. The molecule has 28 heavy (non-hydrogen) atoms. The molecule has 3 heterocycles. The van der Waals surface area contributed by atoms with E-state index in [0.717, 1.165) is 17.0 Å². The molecule has 0 saturated heterocycles. The summed E-state index contributed by atoms with van der Waals surface area (Å²) in [7, 11) is 0. The van der Waals surface area contributed by atoms with E-state index in [9.17, 15) is 5.11 Å². The molecule has 1 unspecified atom stereocenters. The molecule has 138 valence electrons. The number of nitrogens with zero attached hydrogens (tertiary/aromatic N) is 4. The number of amidine groups is 1. The van der Waals surface area contributed by atoms with Crippen LogP contribution >= 0.6 is 11.3 Å². The number of pyridine rings is 1. The number of aliphatic hydroxyl groups excluding tert-OH is 1. The Hall–Kier alpha value is -3.50. The van der Waals surface area contributed by atoms with Gasteiger partial charge in [-0.1, -0.05) is 18.2 Å². The Labute approximate surface area is 166 Å². The maximum absolute atomic E-state index is 10.7. The predicted octanol–water partition coefficient (Wildman–Crippen LogP) is 4.23. The topological polar surface area (TPSA) is 96.9 Å². The van der Waals surface area contributed by atoms with Crippen molar-refractivity contribution in [1.82, 2.24) is 14.9 Å². The van der Waals surface area contributed by atoms with Crippen molar-refractivity contribution in [1.29, 1.82) is 10.7 Å². The molecule has 2 aromatic heterocycles. The van der Waals surface area contributed by atoms with E-state index < -0.39 is 0 Å². The molecule has 2 N–H and O–H groups in total. The summed E-state index contributed by atoms with van der Waals surface area (Å²) >= 11 is 1.39. The van der Waals surface area contributed by atoms with Crippen molar-refractivity contribution < 1.29 is 5.11 Å². The quantitative estimate of drug-likeness (QED) is 0.698. The van der Waals surface area contributed by atoms with Gasteiger partial charge in [-0.15, -0.1) is 11.3 Å². The van der Waals surface area contributed by atoms with Crippen molar-refractivity contribution in [3.63, 3.8) is 0 Å². The Bertz CT molecular complexity index is 1100. The SMILES string of the molecule is CC1C(O)=C(c2nc(-c3ccc(C#N)cc3)cs2)C(=N)N1Cc1ccccn1. The summed E-state index contributed by atoms with van der Waals surface area (Å²) in [5, 5.41) is 30.7. The first-order valence-electron chi connectivity index (χ1n) is 8.73. The summed E-state index contributed by atoms with van der Waals surface area (Å²) in [6.45, 7) is 2.32. The fourth-order valence-corrected chi connectivity index (χ4v) is 4.03. The molecule has 7 heteroatoms. The zero-order chi connectivity index (χ0) is 19.7.